The number of aromatic nitrogens is 1. The number of aryl methyl sites for hydroxylation is 1. The summed E-state index contributed by atoms with van der Waals surface area (Å²) in [6, 6.07) is 0. The quantitative estimate of drug-likeness (QED) is 0.858. The Kier molecular flexibility index (Phi) is 6.04. The van der Waals surface area contributed by atoms with Gasteiger partial charge in [0.2, 0.25) is 0 Å². The van der Waals surface area contributed by atoms with Gasteiger partial charge in [0.15, 0.2) is 5.13 Å². The van der Waals surface area contributed by atoms with Crippen LogP contribution in [-0.2, 0) is 13.0 Å². The highest BCUT2D eigenvalue weighted by molar-refractivity contribution is 7.15. The first-order valence-electron chi connectivity index (χ1n) is 7.03. The van der Waals surface area contributed by atoms with E-state index in [0.717, 1.165) is 17.0 Å². The minimum atomic E-state index is -4.13. The number of halogens is 3. The zero-order valence-electron chi connectivity index (χ0n) is 13.3. The molecule has 0 spiro atoms. The molecule has 0 aliphatic rings. The van der Waals surface area contributed by atoms with Crippen molar-refractivity contribution in [3.8, 4) is 0 Å². The summed E-state index contributed by atoms with van der Waals surface area (Å²) in [5, 5.41) is 4.05. The van der Waals surface area contributed by atoms with Crippen LogP contribution in [0.15, 0.2) is 0 Å². The lowest BCUT2D eigenvalue weighted by atomic mass is 10.1. The van der Waals surface area contributed by atoms with E-state index in [1.54, 1.807) is 11.9 Å². The van der Waals surface area contributed by atoms with Crippen molar-refractivity contribution in [3.05, 3.63) is 10.6 Å². The number of nitrogens with zero attached hydrogens (tertiary/aromatic N) is 2. The van der Waals surface area contributed by atoms with E-state index < -0.39 is 12.6 Å². The molecule has 0 saturated heterocycles. The molecule has 1 rings (SSSR count). The molecule has 0 aliphatic carbocycles. The van der Waals surface area contributed by atoms with E-state index in [1.807, 2.05) is 6.92 Å². The first kappa shape index (κ1) is 18.2. The molecule has 0 radical (unpaired) electrons. The van der Waals surface area contributed by atoms with Crippen molar-refractivity contribution in [1.29, 1.82) is 0 Å². The van der Waals surface area contributed by atoms with E-state index in [4.69, 9.17) is 0 Å². The molecule has 21 heavy (non-hydrogen) atoms. The van der Waals surface area contributed by atoms with Crippen molar-refractivity contribution in [1.82, 2.24) is 10.3 Å². The topological polar surface area (TPSA) is 28.2 Å². The van der Waals surface area contributed by atoms with Crippen molar-refractivity contribution in [2.75, 3.05) is 18.5 Å². The molecule has 1 aromatic rings. The molecular weight excluding hydrogens is 299 g/mol. The van der Waals surface area contributed by atoms with Crippen molar-refractivity contribution >= 4 is 16.5 Å². The molecular formula is C14H24F3N3S. The van der Waals surface area contributed by atoms with Crippen LogP contribution in [0.1, 0.15) is 44.7 Å². The summed E-state index contributed by atoms with van der Waals surface area (Å²) in [5.74, 6) is 0. The number of nitrogens with one attached hydrogen (secondary N) is 1. The highest BCUT2D eigenvalue weighted by Gasteiger charge is 2.27. The predicted octanol–water partition coefficient (Wildman–Crippen LogP) is 3.98. The summed E-state index contributed by atoms with van der Waals surface area (Å²) in [6.07, 6.45) is -4.17. The van der Waals surface area contributed by atoms with E-state index in [1.165, 1.54) is 11.3 Å². The van der Waals surface area contributed by atoms with Gasteiger partial charge in [0.1, 0.15) is 0 Å². The maximum atomic E-state index is 12.3. The maximum Gasteiger partial charge on any atom is 0.390 e. The first-order chi connectivity index (χ1) is 9.52. The van der Waals surface area contributed by atoms with Crippen LogP contribution < -0.4 is 10.2 Å². The summed E-state index contributed by atoms with van der Waals surface area (Å²) < 4.78 is 36.8. The molecule has 7 heteroatoms. The average molecular weight is 323 g/mol. The normalized spacial score (nSPS) is 12.8. The van der Waals surface area contributed by atoms with Crippen LogP contribution in [0.4, 0.5) is 18.3 Å². The molecule has 1 N–H and O–H groups in total. The molecule has 1 aromatic heterocycles. The van der Waals surface area contributed by atoms with Crippen molar-refractivity contribution in [3.63, 3.8) is 0 Å². The molecule has 0 saturated carbocycles. The van der Waals surface area contributed by atoms with Crippen LogP contribution in [0.3, 0.4) is 0 Å². The van der Waals surface area contributed by atoms with Crippen molar-refractivity contribution in [2.24, 2.45) is 0 Å². The Hall–Kier alpha value is -0.820. The third-order valence-electron chi connectivity index (χ3n) is 2.94. The lowest BCUT2D eigenvalue weighted by Crippen LogP contribution is -2.35. The first-order valence-corrected chi connectivity index (χ1v) is 7.85. The van der Waals surface area contributed by atoms with E-state index in [-0.39, 0.29) is 12.1 Å². The third-order valence-corrected chi connectivity index (χ3v) is 4.15. The van der Waals surface area contributed by atoms with Gasteiger partial charge in [-0.2, -0.15) is 13.2 Å². The van der Waals surface area contributed by atoms with Gasteiger partial charge in [-0.25, -0.2) is 4.98 Å². The van der Waals surface area contributed by atoms with Gasteiger partial charge in [0.25, 0.3) is 0 Å². The molecule has 1 heterocycles. The Morgan fingerprint density at radius 1 is 1.24 bits per heavy atom. The van der Waals surface area contributed by atoms with Gasteiger partial charge in [0.05, 0.1) is 12.1 Å². The molecule has 0 atom stereocenters. The van der Waals surface area contributed by atoms with Gasteiger partial charge in [-0.05, 0) is 27.2 Å². The molecule has 0 fully saturated rings. The Labute approximate surface area is 128 Å². The summed E-state index contributed by atoms with van der Waals surface area (Å²) in [7, 11) is 1.66. The third kappa shape index (κ3) is 6.65. The highest BCUT2D eigenvalue weighted by atomic mass is 32.1. The summed E-state index contributed by atoms with van der Waals surface area (Å²) in [4.78, 5) is 7.15. The van der Waals surface area contributed by atoms with Crippen molar-refractivity contribution in [2.45, 2.75) is 58.8 Å². The van der Waals surface area contributed by atoms with Crippen LogP contribution in [0.25, 0.3) is 0 Å². The number of rotatable bonds is 6. The lowest BCUT2D eigenvalue weighted by Gasteiger charge is -2.20. The SMILES string of the molecule is CCc1nc(N(C)CCC(F)(F)F)sc1CNC(C)(C)C. The fraction of sp³-hybridized carbons (Fsp3) is 0.786. The molecule has 0 unspecified atom stereocenters. The molecule has 122 valence electrons. The van der Waals surface area contributed by atoms with Crippen LogP contribution >= 0.6 is 11.3 Å². The van der Waals surface area contributed by atoms with Crippen LogP contribution in [-0.4, -0.2) is 30.3 Å². The fourth-order valence-electron chi connectivity index (χ4n) is 1.68. The van der Waals surface area contributed by atoms with Gasteiger partial charge in [0, 0.05) is 30.6 Å². The summed E-state index contributed by atoms with van der Waals surface area (Å²) >= 11 is 1.47. The molecule has 0 amide bonds. The predicted molar refractivity (Wildman–Crippen MR) is 82.0 cm³/mol. The van der Waals surface area contributed by atoms with Gasteiger partial charge in [-0.1, -0.05) is 6.92 Å². The Balaban J connectivity index is 2.74. The van der Waals surface area contributed by atoms with E-state index in [9.17, 15) is 13.2 Å². The molecule has 0 aromatic carbocycles. The number of thiazole rings is 1. The van der Waals surface area contributed by atoms with Crippen molar-refractivity contribution < 1.29 is 13.2 Å². The van der Waals surface area contributed by atoms with Crippen LogP contribution in [0.2, 0.25) is 0 Å². The van der Waals surface area contributed by atoms with E-state index in [0.29, 0.717) is 11.7 Å². The minimum Gasteiger partial charge on any atom is -0.351 e. The van der Waals surface area contributed by atoms with Gasteiger partial charge < -0.3 is 10.2 Å². The summed E-state index contributed by atoms with van der Waals surface area (Å²) in [5.41, 5.74) is 0.961. The Morgan fingerprint density at radius 3 is 2.33 bits per heavy atom. The largest absolute Gasteiger partial charge is 0.390 e. The molecule has 0 aliphatic heterocycles. The van der Waals surface area contributed by atoms with Gasteiger partial charge in [-0.3, -0.25) is 0 Å². The standard InChI is InChI=1S/C14H24F3N3S/c1-6-10-11(9-18-13(2,3)4)21-12(19-10)20(5)8-7-14(15,16)17/h18H,6-9H2,1-5H3. The average Bonchev–Trinajstić information content (AvgIpc) is 2.75. The number of hydrogen-bond acceptors (Lipinski definition) is 4. The van der Waals surface area contributed by atoms with Gasteiger partial charge >= 0.3 is 6.18 Å². The Morgan fingerprint density at radius 2 is 1.86 bits per heavy atom. The second kappa shape index (κ2) is 6.96. The second-order valence-corrected chi connectivity index (χ2v) is 7.17. The van der Waals surface area contributed by atoms with E-state index in [2.05, 4.69) is 31.1 Å². The lowest BCUT2D eigenvalue weighted by molar-refractivity contribution is -0.132. The molecule has 0 bridgehead atoms. The number of hydrogen-bond donors (Lipinski definition) is 1. The second-order valence-electron chi connectivity index (χ2n) is 6.11. The smallest absolute Gasteiger partial charge is 0.351 e. The monoisotopic (exact) mass is 323 g/mol. The summed E-state index contributed by atoms with van der Waals surface area (Å²) in [6.45, 7) is 8.88. The fourth-order valence-corrected chi connectivity index (χ4v) is 2.76. The van der Waals surface area contributed by atoms with Gasteiger partial charge in [-0.15, -0.1) is 11.3 Å². The van der Waals surface area contributed by atoms with Crippen LogP contribution in [0, 0.1) is 0 Å². The highest BCUT2D eigenvalue weighted by Crippen LogP contribution is 2.28. The van der Waals surface area contributed by atoms with E-state index >= 15 is 0 Å². The minimum absolute atomic E-state index is 0.00263. The Bertz CT molecular complexity index is 449. The number of anilines is 1. The zero-order valence-corrected chi connectivity index (χ0v) is 14.1. The number of alkyl halides is 3. The maximum absolute atomic E-state index is 12.3. The zero-order chi connectivity index (χ0) is 16.3. The van der Waals surface area contributed by atoms with Crippen LogP contribution in [0.5, 0.6) is 0 Å². The molecule has 3 nitrogen and oxygen atoms in total.